The number of rotatable bonds is 4. The van der Waals surface area contributed by atoms with E-state index < -0.39 is 54.7 Å². The Balaban J connectivity index is 2.24. The predicted molar refractivity (Wildman–Crippen MR) is 114 cm³/mol. The van der Waals surface area contributed by atoms with Crippen LogP contribution in [-0.4, -0.2) is 35.6 Å². The van der Waals surface area contributed by atoms with E-state index in [1.54, 1.807) is 26.8 Å². The van der Waals surface area contributed by atoms with E-state index in [-0.39, 0.29) is 28.2 Å². The van der Waals surface area contributed by atoms with E-state index >= 15 is 8.78 Å². The van der Waals surface area contributed by atoms with E-state index in [4.69, 9.17) is 10.00 Å². The molecule has 1 aliphatic carbocycles. The molecule has 1 atom stereocenters. The van der Waals surface area contributed by atoms with E-state index in [1.807, 2.05) is 0 Å². The minimum absolute atomic E-state index is 0.0439. The summed E-state index contributed by atoms with van der Waals surface area (Å²) in [6, 6.07) is 7.20. The molecule has 0 saturated heterocycles. The minimum Gasteiger partial charge on any atom is -0.591 e. The fourth-order valence-corrected chi connectivity index (χ4v) is 4.65. The van der Waals surface area contributed by atoms with Crippen LogP contribution in [0.5, 0.6) is 11.5 Å². The zero-order valence-electron chi connectivity index (χ0n) is 17.6. The van der Waals surface area contributed by atoms with Gasteiger partial charge in [0.15, 0.2) is 15.5 Å². The zero-order valence-corrected chi connectivity index (χ0v) is 19.2. The maximum Gasteiger partial charge on any atom is 0.298 e. The summed E-state index contributed by atoms with van der Waals surface area (Å²) in [6.07, 6.45) is -0.0780. The minimum atomic E-state index is -3.96. The molecule has 0 unspecified atom stereocenters. The molecule has 0 bridgehead atoms. The lowest BCUT2D eigenvalue weighted by molar-refractivity contribution is 0.0847. The van der Waals surface area contributed by atoms with Gasteiger partial charge in [0.25, 0.3) is 5.92 Å². The third kappa shape index (κ3) is 4.77. The summed E-state index contributed by atoms with van der Waals surface area (Å²) in [7, 11) is -3.96. The summed E-state index contributed by atoms with van der Waals surface area (Å²) < 4.78 is 89.3. The zero-order chi connectivity index (χ0) is 24.1. The molecule has 0 N–H and O–H groups in total. The molecule has 0 aliphatic heterocycles. The van der Waals surface area contributed by atoms with Gasteiger partial charge >= 0.3 is 0 Å². The van der Waals surface area contributed by atoms with Crippen LogP contribution in [0.3, 0.4) is 0 Å². The molecule has 2 aromatic carbocycles. The van der Waals surface area contributed by atoms with Crippen LogP contribution >= 0.6 is 0 Å². The summed E-state index contributed by atoms with van der Waals surface area (Å²) in [4.78, 5) is -0.404. The van der Waals surface area contributed by atoms with Crippen molar-refractivity contribution in [1.82, 2.24) is 0 Å². The van der Waals surface area contributed by atoms with Gasteiger partial charge in [-0.25, -0.2) is 12.8 Å². The third-order valence-electron chi connectivity index (χ3n) is 4.54. The lowest BCUT2D eigenvalue weighted by atomic mass is 10.1. The number of benzene rings is 2. The summed E-state index contributed by atoms with van der Waals surface area (Å²) in [5.41, 5.74) is -1.48. The first-order valence-electron chi connectivity index (χ1n) is 9.27. The molecule has 3 rings (SSSR count). The monoisotopic (exact) mass is 484 g/mol. The summed E-state index contributed by atoms with van der Waals surface area (Å²) in [5, 5.41) is 9.00. The van der Waals surface area contributed by atoms with E-state index in [0.717, 1.165) is 24.5 Å². The molecule has 0 aromatic heterocycles. The second-order valence-corrected chi connectivity index (χ2v) is 12.1. The lowest BCUT2D eigenvalue weighted by Crippen LogP contribution is -2.32. The van der Waals surface area contributed by atoms with Crippen molar-refractivity contribution in [2.45, 2.75) is 42.8 Å². The van der Waals surface area contributed by atoms with Crippen molar-refractivity contribution in [2.75, 3.05) is 6.26 Å². The van der Waals surface area contributed by atoms with Crippen LogP contribution in [-0.2, 0) is 27.6 Å². The highest BCUT2D eigenvalue weighted by atomic mass is 32.2. The first-order valence-corrected chi connectivity index (χ1v) is 12.3. The van der Waals surface area contributed by atoms with Crippen LogP contribution in [0.15, 0.2) is 39.6 Å². The van der Waals surface area contributed by atoms with E-state index in [1.165, 1.54) is 12.1 Å². The first-order chi connectivity index (χ1) is 14.6. The topological polar surface area (TPSA) is 103 Å². The van der Waals surface area contributed by atoms with Crippen LogP contribution in [0, 0.1) is 17.1 Å². The largest absolute Gasteiger partial charge is 0.591 e. The van der Waals surface area contributed by atoms with E-state index in [9.17, 15) is 17.4 Å². The van der Waals surface area contributed by atoms with Crippen molar-refractivity contribution in [2.24, 2.45) is 4.40 Å². The van der Waals surface area contributed by atoms with Crippen LogP contribution in [0.25, 0.3) is 0 Å². The van der Waals surface area contributed by atoms with Gasteiger partial charge in [-0.1, -0.05) is 4.40 Å². The number of halogens is 3. The molecule has 2 aromatic rings. The van der Waals surface area contributed by atoms with Crippen LogP contribution in [0.2, 0.25) is 0 Å². The van der Waals surface area contributed by atoms with Gasteiger partial charge in [0, 0.05) is 29.9 Å². The molecule has 170 valence electrons. The summed E-state index contributed by atoms with van der Waals surface area (Å²) >= 11 is -2.08. The van der Waals surface area contributed by atoms with Gasteiger partial charge in [0.1, 0.15) is 33.4 Å². The molecule has 6 nitrogen and oxygen atoms in total. The number of nitrogens with zero attached hydrogens (tertiary/aromatic N) is 2. The van der Waals surface area contributed by atoms with Gasteiger partial charge in [-0.2, -0.15) is 14.0 Å². The smallest absolute Gasteiger partial charge is 0.298 e. The normalized spacial score (nSPS) is 17.7. The molecular weight excluding hydrogens is 465 g/mol. The van der Waals surface area contributed by atoms with Crippen molar-refractivity contribution in [3.8, 4) is 17.6 Å². The number of ether oxygens (including phenoxy) is 1. The molecule has 0 saturated carbocycles. The Morgan fingerprint density at radius 1 is 1.25 bits per heavy atom. The van der Waals surface area contributed by atoms with Gasteiger partial charge in [0.05, 0.1) is 16.5 Å². The number of fused-ring (bicyclic) bond motifs is 1. The average Bonchev–Trinajstić information content (AvgIpc) is 2.90. The average molecular weight is 485 g/mol. The number of hydrogen-bond donors (Lipinski definition) is 0. The fraction of sp³-hybridized carbons (Fsp3) is 0.333. The molecule has 1 aliphatic rings. The fourth-order valence-electron chi connectivity index (χ4n) is 3.08. The highest BCUT2D eigenvalue weighted by Crippen LogP contribution is 2.44. The Morgan fingerprint density at radius 3 is 2.47 bits per heavy atom. The van der Waals surface area contributed by atoms with E-state index in [0.29, 0.717) is 0 Å². The van der Waals surface area contributed by atoms with Crippen molar-refractivity contribution in [1.29, 1.82) is 5.26 Å². The number of alkyl halides is 2. The Morgan fingerprint density at radius 2 is 1.91 bits per heavy atom. The predicted octanol–water partition coefficient (Wildman–Crippen LogP) is 4.34. The Labute approximate surface area is 187 Å². The second-order valence-electron chi connectivity index (χ2n) is 8.26. The maximum atomic E-state index is 15.0. The molecule has 0 fully saturated rings. The highest BCUT2D eigenvalue weighted by Gasteiger charge is 2.50. The highest BCUT2D eigenvalue weighted by molar-refractivity contribution is 7.91. The molecule has 0 heterocycles. The standard InChI is InChI=1S/C21H19F3N2O4S2/c1-20(2,3)31(27)26-19-18-15(10-21(19,23)24)16(5-6-17(18)32(4,28)29)30-14-8-12(11-25)7-13(22)9-14/h5-9H,10H2,1-4H3/t31-/m1/s1. The first kappa shape index (κ1) is 24.1. The quantitative estimate of drug-likeness (QED) is 0.601. The van der Waals surface area contributed by atoms with Crippen LogP contribution in [0.1, 0.15) is 37.5 Å². The van der Waals surface area contributed by atoms with Crippen LogP contribution < -0.4 is 4.74 Å². The Hall–Kier alpha value is -2.55. The van der Waals surface area contributed by atoms with Gasteiger partial charge < -0.3 is 9.29 Å². The lowest BCUT2D eigenvalue weighted by Gasteiger charge is -2.20. The molecule has 11 heteroatoms. The van der Waals surface area contributed by atoms with Gasteiger partial charge in [0.2, 0.25) is 0 Å². The molecule has 0 amide bonds. The van der Waals surface area contributed by atoms with Crippen molar-refractivity contribution in [3.05, 3.63) is 52.8 Å². The Kier molecular flexibility index (Phi) is 6.10. The van der Waals surface area contributed by atoms with Crippen molar-refractivity contribution in [3.63, 3.8) is 0 Å². The van der Waals surface area contributed by atoms with Crippen molar-refractivity contribution >= 4 is 26.9 Å². The Bertz CT molecular complexity index is 1260. The molecule has 0 spiro atoms. The molecule has 32 heavy (non-hydrogen) atoms. The number of sulfone groups is 1. The third-order valence-corrected chi connectivity index (χ3v) is 7.07. The van der Waals surface area contributed by atoms with Crippen LogP contribution in [0.4, 0.5) is 13.2 Å². The molecule has 0 radical (unpaired) electrons. The van der Waals surface area contributed by atoms with Crippen molar-refractivity contribution < 1.29 is 30.9 Å². The van der Waals surface area contributed by atoms with Gasteiger partial charge in [-0.3, -0.25) is 0 Å². The summed E-state index contributed by atoms with van der Waals surface area (Å²) in [5.74, 6) is -4.64. The van der Waals surface area contributed by atoms with Gasteiger partial charge in [-0.05, 0) is 45.0 Å². The number of nitriles is 1. The maximum absolute atomic E-state index is 15.0. The number of hydrogen-bond acceptors (Lipinski definition) is 6. The summed E-state index contributed by atoms with van der Waals surface area (Å²) in [6.45, 7) is 4.65. The van der Waals surface area contributed by atoms with E-state index in [2.05, 4.69) is 4.40 Å². The second kappa shape index (κ2) is 8.10. The SMILES string of the molecule is CC(C)(C)[S@@+]([O-])N=C1c2c(S(C)(=O)=O)ccc(Oc3cc(F)cc(C#N)c3)c2CC1(F)F. The molecular formula is C21H19F3N2O4S2. The van der Waals surface area contributed by atoms with Gasteiger partial charge in [-0.15, -0.1) is 0 Å².